The molecular weight excluding hydrogens is 230 g/mol. The lowest BCUT2D eigenvalue weighted by molar-refractivity contribution is -0.136. The number of carboxylic acid groups (broad SMARTS) is 1. The van der Waals surface area contributed by atoms with Gasteiger partial charge in [0, 0.05) is 12.5 Å². The van der Waals surface area contributed by atoms with Gasteiger partial charge in [-0.2, -0.15) is 0 Å². The number of carboxylic acids is 1. The molecule has 2 atom stereocenters. The van der Waals surface area contributed by atoms with Gasteiger partial charge in [0.1, 0.15) is 5.60 Å². The first-order chi connectivity index (χ1) is 8.50. The van der Waals surface area contributed by atoms with Crippen LogP contribution in [0.2, 0.25) is 0 Å². The molecule has 2 rings (SSSR count). The number of rotatable bonds is 2. The van der Waals surface area contributed by atoms with Crippen molar-refractivity contribution in [2.75, 3.05) is 6.54 Å². The Labute approximate surface area is 108 Å². The van der Waals surface area contributed by atoms with Crippen LogP contribution in [0.25, 0.3) is 0 Å². The van der Waals surface area contributed by atoms with Crippen molar-refractivity contribution in [1.29, 1.82) is 0 Å². The van der Waals surface area contributed by atoms with E-state index in [1.54, 1.807) is 6.92 Å². The Morgan fingerprint density at radius 2 is 2.00 bits per heavy atom. The molecule has 0 bridgehead atoms. The van der Waals surface area contributed by atoms with Gasteiger partial charge >= 0.3 is 5.97 Å². The second-order valence-corrected chi connectivity index (χ2v) is 4.46. The Balaban J connectivity index is 0.000000280. The lowest BCUT2D eigenvalue weighted by Crippen LogP contribution is -2.37. The summed E-state index contributed by atoms with van der Waals surface area (Å²) in [5, 5.41) is 21.3. The molecule has 4 nitrogen and oxygen atoms in total. The summed E-state index contributed by atoms with van der Waals surface area (Å²) in [5.74, 6) is -0.745. The zero-order valence-electron chi connectivity index (χ0n) is 10.9. The van der Waals surface area contributed by atoms with E-state index in [1.807, 2.05) is 37.3 Å². The maximum Gasteiger partial charge on any atom is 0.303 e. The topological polar surface area (TPSA) is 69.6 Å². The smallest absolute Gasteiger partial charge is 0.303 e. The summed E-state index contributed by atoms with van der Waals surface area (Å²) >= 11 is 0. The quantitative estimate of drug-likeness (QED) is 0.749. The summed E-state index contributed by atoms with van der Waals surface area (Å²) in [6.07, 6.45) is 1.03. The number of hydrogen-bond acceptors (Lipinski definition) is 3. The number of carbonyl (C=O) groups is 1. The third-order valence-electron chi connectivity index (χ3n) is 3.25. The van der Waals surface area contributed by atoms with Crippen LogP contribution in [0.4, 0.5) is 0 Å². The van der Waals surface area contributed by atoms with Crippen LogP contribution in [0, 0.1) is 0 Å². The second-order valence-electron chi connectivity index (χ2n) is 4.46. The zero-order valence-corrected chi connectivity index (χ0v) is 10.9. The van der Waals surface area contributed by atoms with Crippen molar-refractivity contribution in [2.45, 2.75) is 38.3 Å². The molecule has 0 aromatic heterocycles. The molecule has 18 heavy (non-hydrogen) atoms. The number of aliphatic carboxylic acids is 1. The summed E-state index contributed by atoms with van der Waals surface area (Å²) in [4.78, 5) is 9.37. The summed E-state index contributed by atoms with van der Waals surface area (Å²) in [6.45, 7) is 4.52. The highest BCUT2D eigenvalue weighted by Crippen LogP contribution is 2.31. The van der Waals surface area contributed by atoms with Crippen LogP contribution in [0.1, 0.15) is 32.3 Å². The van der Waals surface area contributed by atoms with E-state index in [2.05, 4.69) is 5.32 Å². The van der Waals surface area contributed by atoms with E-state index in [-0.39, 0.29) is 12.5 Å². The van der Waals surface area contributed by atoms with Crippen molar-refractivity contribution < 1.29 is 15.0 Å². The molecule has 1 aromatic rings. The van der Waals surface area contributed by atoms with E-state index in [0.717, 1.165) is 18.5 Å². The van der Waals surface area contributed by atoms with Crippen LogP contribution in [0.5, 0.6) is 0 Å². The molecule has 0 aliphatic carbocycles. The molecular formula is C14H21NO3. The van der Waals surface area contributed by atoms with Crippen molar-refractivity contribution in [3.8, 4) is 0 Å². The first kappa shape index (κ1) is 14.7. The van der Waals surface area contributed by atoms with E-state index in [4.69, 9.17) is 5.11 Å². The third-order valence-corrected chi connectivity index (χ3v) is 3.25. The highest BCUT2D eigenvalue weighted by Gasteiger charge is 2.39. The van der Waals surface area contributed by atoms with Crippen LogP contribution >= 0.6 is 0 Å². The van der Waals surface area contributed by atoms with Gasteiger partial charge in [0.2, 0.25) is 0 Å². The lowest BCUT2D eigenvalue weighted by Gasteiger charge is -2.27. The van der Waals surface area contributed by atoms with E-state index in [9.17, 15) is 9.90 Å². The van der Waals surface area contributed by atoms with Gasteiger partial charge in [-0.15, -0.1) is 0 Å². The van der Waals surface area contributed by atoms with Crippen molar-refractivity contribution >= 4 is 5.97 Å². The van der Waals surface area contributed by atoms with Crippen LogP contribution in [0.15, 0.2) is 30.3 Å². The Bertz CT molecular complexity index is 380. The van der Waals surface area contributed by atoms with Crippen LogP contribution < -0.4 is 5.32 Å². The fraction of sp³-hybridized carbons (Fsp3) is 0.500. The first-order valence-electron chi connectivity index (χ1n) is 6.23. The van der Waals surface area contributed by atoms with Gasteiger partial charge in [0.05, 0.1) is 0 Å². The minimum absolute atomic E-state index is 0.148. The van der Waals surface area contributed by atoms with Crippen molar-refractivity contribution in [2.24, 2.45) is 0 Å². The third kappa shape index (κ3) is 3.55. The fourth-order valence-corrected chi connectivity index (χ4v) is 1.99. The lowest BCUT2D eigenvalue weighted by atomic mass is 9.88. The van der Waals surface area contributed by atoms with Crippen LogP contribution in [-0.2, 0) is 10.4 Å². The summed E-state index contributed by atoms with van der Waals surface area (Å²) in [5.41, 5.74) is 0.355. The van der Waals surface area contributed by atoms with Gasteiger partial charge in [-0.05, 0) is 25.5 Å². The van der Waals surface area contributed by atoms with Gasteiger partial charge in [0.25, 0.3) is 0 Å². The monoisotopic (exact) mass is 251 g/mol. The number of hydrogen-bond donors (Lipinski definition) is 3. The van der Waals surface area contributed by atoms with Gasteiger partial charge in [-0.3, -0.25) is 4.79 Å². The van der Waals surface area contributed by atoms with Gasteiger partial charge in [-0.1, -0.05) is 37.3 Å². The largest absolute Gasteiger partial charge is 0.481 e. The van der Waals surface area contributed by atoms with Crippen LogP contribution in [-0.4, -0.2) is 28.8 Å². The highest BCUT2D eigenvalue weighted by molar-refractivity contribution is 5.66. The molecule has 1 heterocycles. The minimum Gasteiger partial charge on any atom is -0.481 e. The predicted octanol–water partition coefficient (Wildman–Crippen LogP) is 1.74. The molecule has 1 saturated heterocycles. The zero-order chi connectivity index (χ0) is 13.6. The highest BCUT2D eigenvalue weighted by atomic mass is 16.4. The first-order valence-corrected chi connectivity index (χ1v) is 6.23. The molecule has 100 valence electrons. The van der Waals surface area contributed by atoms with E-state index >= 15 is 0 Å². The summed E-state index contributed by atoms with van der Waals surface area (Å²) in [7, 11) is 0. The molecule has 0 radical (unpaired) electrons. The van der Waals surface area contributed by atoms with Gasteiger partial charge in [0.15, 0.2) is 0 Å². The summed E-state index contributed by atoms with van der Waals surface area (Å²) < 4.78 is 0. The molecule has 3 N–H and O–H groups in total. The Hall–Kier alpha value is -1.39. The van der Waals surface area contributed by atoms with E-state index in [1.165, 1.54) is 0 Å². The average molecular weight is 251 g/mol. The van der Waals surface area contributed by atoms with Crippen molar-refractivity contribution in [1.82, 2.24) is 5.32 Å². The maximum atomic E-state index is 10.4. The fourth-order valence-electron chi connectivity index (χ4n) is 1.99. The second kappa shape index (κ2) is 6.52. The average Bonchev–Trinajstić information content (AvgIpc) is 2.73. The Kier molecular flexibility index (Phi) is 5.31. The predicted molar refractivity (Wildman–Crippen MR) is 70.3 cm³/mol. The summed E-state index contributed by atoms with van der Waals surface area (Å²) in [6, 6.07) is 10.0. The molecule has 1 aliphatic heterocycles. The van der Waals surface area contributed by atoms with Crippen molar-refractivity contribution in [3.63, 3.8) is 0 Å². The SMILES string of the molecule is CC1NCCC1(O)c1ccccc1.CCC(=O)O. The molecule has 0 amide bonds. The molecule has 4 heteroatoms. The van der Waals surface area contributed by atoms with Gasteiger partial charge in [-0.25, -0.2) is 0 Å². The van der Waals surface area contributed by atoms with Gasteiger partial charge < -0.3 is 15.5 Å². The molecule has 0 saturated carbocycles. The molecule has 1 aromatic carbocycles. The molecule has 1 aliphatic rings. The molecule has 0 spiro atoms. The van der Waals surface area contributed by atoms with E-state index in [0.29, 0.717) is 0 Å². The normalized spacial score (nSPS) is 26.3. The Morgan fingerprint density at radius 1 is 1.44 bits per heavy atom. The number of nitrogens with one attached hydrogen (secondary N) is 1. The number of benzene rings is 1. The Morgan fingerprint density at radius 3 is 2.39 bits per heavy atom. The maximum absolute atomic E-state index is 10.4. The minimum atomic E-state index is -0.745. The molecule has 1 fully saturated rings. The molecule has 2 unspecified atom stereocenters. The standard InChI is InChI=1S/C11H15NO.C3H6O2/c1-9-11(13,7-8-12-9)10-5-3-2-4-6-10;1-2-3(4)5/h2-6,9,12-13H,7-8H2,1H3;2H2,1H3,(H,4,5). The number of aliphatic hydroxyl groups is 1. The van der Waals surface area contributed by atoms with E-state index < -0.39 is 11.6 Å². The van der Waals surface area contributed by atoms with Crippen LogP contribution in [0.3, 0.4) is 0 Å². The van der Waals surface area contributed by atoms with Crippen molar-refractivity contribution in [3.05, 3.63) is 35.9 Å².